The molecule has 1 saturated heterocycles. The predicted octanol–water partition coefficient (Wildman–Crippen LogP) is 1.18. The number of hydrogen-bond donors (Lipinski definition) is 1. The summed E-state index contributed by atoms with van der Waals surface area (Å²) in [6.07, 6.45) is 1.46. The third-order valence-electron chi connectivity index (χ3n) is 3.23. The van der Waals surface area contributed by atoms with Gasteiger partial charge in [0.1, 0.15) is 11.8 Å². The van der Waals surface area contributed by atoms with Gasteiger partial charge in [0.25, 0.3) is 5.91 Å². The van der Waals surface area contributed by atoms with Gasteiger partial charge in [-0.15, -0.1) is 0 Å². The summed E-state index contributed by atoms with van der Waals surface area (Å²) in [5, 5.41) is 0. The first-order valence-electron chi connectivity index (χ1n) is 6.46. The molecular weight excluding hydrogens is 244 g/mol. The van der Waals surface area contributed by atoms with Gasteiger partial charge in [0.05, 0.1) is 6.61 Å². The van der Waals surface area contributed by atoms with Crippen molar-refractivity contribution in [2.24, 2.45) is 5.73 Å². The average Bonchev–Trinajstić information content (AvgIpc) is 2.88. The summed E-state index contributed by atoms with van der Waals surface area (Å²) >= 11 is 0. The van der Waals surface area contributed by atoms with Crippen LogP contribution in [0.4, 0.5) is 0 Å². The number of rotatable bonds is 4. The summed E-state index contributed by atoms with van der Waals surface area (Å²) < 4.78 is 5.37. The second-order valence-electron chi connectivity index (χ2n) is 4.52. The number of carbonyl (C=O) groups excluding carboxylic acids is 2. The number of amides is 2. The van der Waals surface area contributed by atoms with Crippen molar-refractivity contribution in [3.8, 4) is 5.75 Å². The quantitative estimate of drug-likeness (QED) is 0.885. The molecule has 5 nitrogen and oxygen atoms in total. The van der Waals surface area contributed by atoms with E-state index in [0.717, 1.165) is 6.42 Å². The van der Waals surface area contributed by atoms with Gasteiger partial charge in [-0.25, -0.2) is 0 Å². The second kappa shape index (κ2) is 5.73. The van der Waals surface area contributed by atoms with E-state index in [2.05, 4.69) is 0 Å². The molecule has 0 bridgehead atoms. The van der Waals surface area contributed by atoms with Crippen LogP contribution >= 0.6 is 0 Å². The van der Waals surface area contributed by atoms with Crippen LogP contribution in [0, 0.1) is 0 Å². The Morgan fingerprint density at radius 1 is 1.47 bits per heavy atom. The summed E-state index contributed by atoms with van der Waals surface area (Å²) in [5.41, 5.74) is 5.85. The molecule has 102 valence electrons. The molecule has 1 aliphatic heterocycles. The van der Waals surface area contributed by atoms with Gasteiger partial charge in [0.2, 0.25) is 5.91 Å². The summed E-state index contributed by atoms with van der Waals surface area (Å²) in [7, 11) is 0. The number of carbonyl (C=O) groups is 2. The van der Waals surface area contributed by atoms with Gasteiger partial charge in [-0.05, 0) is 38.0 Å². The lowest BCUT2D eigenvalue weighted by Gasteiger charge is -2.22. The number of ether oxygens (including phenoxy) is 1. The summed E-state index contributed by atoms with van der Waals surface area (Å²) in [4.78, 5) is 25.3. The van der Waals surface area contributed by atoms with Crippen molar-refractivity contribution in [2.45, 2.75) is 25.8 Å². The molecule has 2 rings (SSSR count). The zero-order valence-electron chi connectivity index (χ0n) is 11.0. The van der Waals surface area contributed by atoms with Crippen molar-refractivity contribution in [3.05, 3.63) is 29.8 Å². The van der Waals surface area contributed by atoms with Gasteiger partial charge in [0, 0.05) is 12.1 Å². The molecule has 0 aliphatic carbocycles. The fourth-order valence-electron chi connectivity index (χ4n) is 2.36. The van der Waals surface area contributed by atoms with Crippen LogP contribution in [0.1, 0.15) is 30.1 Å². The zero-order valence-corrected chi connectivity index (χ0v) is 11.0. The molecule has 0 spiro atoms. The Kier molecular flexibility index (Phi) is 4.04. The van der Waals surface area contributed by atoms with Gasteiger partial charge >= 0.3 is 0 Å². The first kappa shape index (κ1) is 13.4. The fraction of sp³-hybridized carbons (Fsp3) is 0.429. The van der Waals surface area contributed by atoms with Crippen LogP contribution < -0.4 is 10.5 Å². The third kappa shape index (κ3) is 2.86. The minimum absolute atomic E-state index is 0.164. The predicted molar refractivity (Wildman–Crippen MR) is 70.9 cm³/mol. The smallest absolute Gasteiger partial charge is 0.254 e. The maximum atomic E-state index is 12.4. The molecular formula is C14H18N2O3. The highest BCUT2D eigenvalue weighted by Crippen LogP contribution is 2.21. The number of likely N-dealkylation sites (tertiary alicyclic amines) is 1. The average molecular weight is 262 g/mol. The van der Waals surface area contributed by atoms with Crippen molar-refractivity contribution in [3.63, 3.8) is 0 Å². The zero-order chi connectivity index (χ0) is 13.8. The van der Waals surface area contributed by atoms with Gasteiger partial charge < -0.3 is 15.4 Å². The lowest BCUT2D eigenvalue weighted by Crippen LogP contribution is -2.43. The number of nitrogens with two attached hydrogens (primary N) is 1. The maximum Gasteiger partial charge on any atom is 0.254 e. The van der Waals surface area contributed by atoms with E-state index in [1.807, 2.05) is 6.92 Å². The second-order valence-corrected chi connectivity index (χ2v) is 4.52. The lowest BCUT2D eigenvalue weighted by atomic mass is 10.1. The SMILES string of the molecule is CCOc1cccc(C(=O)N2CCCC2C(N)=O)c1. The Bertz CT molecular complexity index is 487. The van der Waals surface area contributed by atoms with Crippen molar-refractivity contribution in [1.29, 1.82) is 0 Å². The number of primary amides is 1. The Morgan fingerprint density at radius 2 is 2.26 bits per heavy atom. The molecule has 1 heterocycles. The number of nitrogens with zero attached hydrogens (tertiary/aromatic N) is 1. The normalized spacial score (nSPS) is 18.4. The first-order chi connectivity index (χ1) is 9.13. The van der Waals surface area contributed by atoms with Crippen LogP contribution in [-0.4, -0.2) is 35.9 Å². The Labute approximate surface area is 112 Å². The van der Waals surface area contributed by atoms with E-state index in [1.54, 1.807) is 29.2 Å². The van der Waals surface area contributed by atoms with Gasteiger partial charge in [0.15, 0.2) is 0 Å². The van der Waals surface area contributed by atoms with Crippen molar-refractivity contribution in [2.75, 3.05) is 13.2 Å². The fourth-order valence-corrected chi connectivity index (χ4v) is 2.36. The molecule has 2 amide bonds. The number of hydrogen-bond acceptors (Lipinski definition) is 3. The van der Waals surface area contributed by atoms with Crippen LogP contribution in [0.15, 0.2) is 24.3 Å². The molecule has 5 heteroatoms. The molecule has 2 N–H and O–H groups in total. The Morgan fingerprint density at radius 3 is 2.95 bits per heavy atom. The highest BCUT2D eigenvalue weighted by Gasteiger charge is 2.33. The van der Waals surface area contributed by atoms with Crippen LogP contribution in [0.25, 0.3) is 0 Å². The van der Waals surface area contributed by atoms with E-state index < -0.39 is 11.9 Å². The van der Waals surface area contributed by atoms with Crippen molar-refractivity contribution < 1.29 is 14.3 Å². The highest BCUT2D eigenvalue weighted by molar-refractivity contribution is 5.98. The molecule has 1 aromatic carbocycles. The van der Waals surface area contributed by atoms with E-state index >= 15 is 0 Å². The molecule has 1 aliphatic rings. The standard InChI is InChI=1S/C14H18N2O3/c1-2-19-11-6-3-5-10(9-11)14(18)16-8-4-7-12(16)13(15)17/h3,5-6,9,12H,2,4,7-8H2,1H3,(H2,15,17). The molecule has 1 aromatic rings. The monoisotopic (exact) mass is 262 g/mol. The van der Waals surface area contributed by atoms with Crippen molar-refractivity contribution in [1.82, 2.24) is 4.90 Å². The Balaban J connectivity index is 2.19. The van der Waals surface area contributed by atoms with E-state index in [4.69, 9.17) is 10.5 Å². The van der Waals surface area contributed by atoms with Crippen molar-refractivity contribution >= 4 is 11.8 Å². The summed E-state index contributed by atoms with van der Waals surface area (Å²) in [6, 6.07) is 6.51. The maximum absolute atomic E-state index is 12.4. The minimum atomic E-state index is -0.483. The van der Waals surface area contributed by atoms with Gasteiger partial charge in [-0.1, -0.05) is 6.07 Å². The first-order valence-corrected chi connectivity index (χ1v) is 6.46. The molecule has 0 aromatic heterocycles. The van der Waals surface area contributed by atoms with E-state index in [9.17, 15) is 9.59 Å². The third-order valence-corrected chi connectivity index (χ3v) is 3.23. The Hall–Kier alpha value is -2.04. The minimum Gasteiger partial charge on any atom is -0.494 e. The lowest BCUT2D eigenvalue weighted by molar-refractivity contribution is -0.121. The highest BCUT2D eigenvalue weighted by atomic mass is 16.5. The van der Waals surface area contributed by atoms with Gasteiger partial charge in [-0.3, -0.25) is 9.59 Å². The summed E-state index contributed by atoms with van der Waals surface area (Å²) in [5.74, 6) is 0.0536. The van der Waals surface area contributed by atoms with E-state index in [0.29, 0.717) is 30.9 Å². The summed E-state index contributed by atoms with van der Waals surface area (Å²) in [6.45, 7) is 3.01. The van der Waals surface area contributed by atoms with Crippen LogP contribution in [0.5, 0.6) is 5.75 Å². The molecule has 1 atom stereocenters. The largest absolute Gasteiger partial charge is 0.494 e. The molecule has 19 heavy (non-hydrogen) atoms. The topological polar surface area (TPSA) is 72.6 Å². The molecule has 0 saturated carbocycles. The van der Waals surface area contributed by atoms with Crippen LogP contribution in [0.2, 0.25) is 0 Å². The molecule has 1 unspecified atom stereocenters. The van der Waals surface area contributed by atoms with Crippen LogP contribution in [-0.2, 0) is 4.79 Å². The number of benzene rings is 1. The molecule has 1 fully saturated rings. The van der Waals surface area contributed by atoms with Crippen LogP contribution in [0.3, 0.4) is 0 Å². The molecule has 0 radical (unpaired) electrons. The van der Waals surface area contributed by atoms with E-state index in [-0.39, 0.29) is 5.91 Å². The van der Waals surface area contributed by atoms with E-state index in [1.165, 1.54) is 0 Å². The van der Waals surface area contributed by atoms with Gasteiger partial charge in [-0.2, -0.15) is 0 Å².